The molecule has 1 fully saturated rings. The minimum atomic E-state index is 0.170. The van der Waals surface area contributed by atoms with Crippen LogP contribution in [0.3, 0.4) is 0 Å². The highest BCUT2D eigenvalue weighted by Crippen LogP contribution is 2.42. The third-order valence-electron chi connectivity index (χ3n) is 4.43. The van der Waals surface area contributed by atoms with Gasteiger partial charge in [0.1, 0.15) is 5.75 Å². The first-order valence-corrected chi connectivity index (χ1v) is 7.26. The summed E-state index contributed by atoms with van der Waals surface area (Å²) >= 11 is 0. The third-order valence-corrected chi connectivity index (χ3v) is 4.43. The normalized spacial score (nSPS) is 24.2. The Hall–Kier alpha value is -1.26. The van der Waals surface area contributed by atoms with Gasteiger partial charge in [0.25, 0.3) is 0 Å². The first-order valence-electron chi connectivity index (χ1n) is 7.26. The van der Waals surface area contributed by atoms with E-state index in [9.17, 15) is 0 Å². The van der Waals surface area contributed by atoms with Gasteiger partial charge in [-0.1, -0.05) is 13.8 Å². The molecule has 0 aliphatic heterocycles. The van der Waals surface area contributed by atoms with Crippen molar-refractivity contribution in [1.82, 2.24) is 5.32 Å². The van der Waals surface area contributed by atoms with Gasteiger partial charge in [0.05, 0.1) is 13.2 Å². The predicted octanol–water partition coefficient (Wildman–Crippen LogP) is 2.57. The molecule has 0 bridgehead atoms. The monoisotopic (exact) mass is 278 g/mol. The van der Waals surface area contributed by atoms with Crippen LogP contribution in [0.5, 0.6) is 5.75 Å². The molecule has 1 aromatic carbocycles. The van der Waals surface area contributed by atoms with Crippen LogP contribution >= 0.6 is 0 Å². The summed E-state index contributed by atoms with van der Waals surface area (Å²) in [5, 5.41) is 3.59. The summed E-state index contributed by atoms with van der Waals surface area (Å²) in [4.78, 5) is 0. The summed E-state index contributed by atoms with van der Waals surface area (Å²) < 4.78 is 11.0. The zero-order chi connectivity index (χ0) is 14.8. The number of hydrogen-bond donors (Lipinski definition) is 2. The van der Waals surface area contributed by atoms with Gasteiger partial charge in [-0.05, 0) is 37.1 Å². The highest BCUT2D eigenvalue weighted by molar-refractivity contribution is 5.50. The molecule has 2 rings (SSSR count). The van der Waals surface area contributed by atoms with E-state index in [1.165, 1.54) is 0 Å². The van der Waals surface area contributed by atoms with Crippen LogP contribution in [0.25, 0.3) is 0 Å². The average molecular weight is 278 g/mol. The van der Waals surface area contributed by atoms with Crippen molar-refractivity contribution in [2.24, 2.45) is 5.41 Å². The van der Waals surface area contributed by atoms with E-state index >= 15 is 0 Å². The van der Waals surface area contributed by atoms with Gasteiger partial charge in [0.15, 0.2) is 0 Å². The van der Waals surface area contributed by atoms with Crippen LogP contribution in [0.2, 0.25) is 0 Å². The molecule has 0 radical (unpaired) electrons. The molecular weight excluding hydrogens is 252 g/mol. The summed E-state index contributed by atoms with van der Waals surface area (Å²) in [5.74, 6) is 0.844. The predicted molar refractivity (Wildman–Crippen MR) is 81.8 cm³/mol. The summed E-state index contributed by atoms with van der Waals surface area (Å²) in [6.07, 6.45) is 1.41. The number of methoxy groups -OCH3 is 1. The first-order chi connectivity index (χ1) is 9.48. The summed E-state index contributed by atoms with van der Waals surface area (Å²) in [5.41, 5.74) is 8.07. The molecule has 1 aromatic rings. The highest BCUT2D eigenvalue weighted by atomic mass is 16.5. The Morgan fingerprint density at radius 2 is 2.15 bits per heavy atom. The molecule has 1 aliphatic rings. The van der Waals surface area contributed by atoms with E-state index in [1.54, 1.807) is 7.11 Å². The Morgan fingerprint density at radius 3 is 2.75 bits per heavy atom. The zero-order valence-electron chi connectivity index (χ0n) is 12.9. The average Bonchev–Trinajstić information content (AvgIpc) is 2.43. The number of nitrogen functional groups attached to an aromatic ring is 1. The minimum absolute atomic E-state index is 0.170. The molecule has 2 unspecified atom stereocenters. The number of ether oxygens (including phenoxy) is 2. The molecule has 1 saturated carbocycles. The van der Waals surface area contributed by atoms with E-state index in [0.29, 0.717) is 12.1 Å². The van der Waals surface area contributed by atoms with E-state index in [4.69, 9.17) is 15.2 Å². The lowest BCUT2D eigenvalue weighted by Gasteiger charge is -2.52. The number of nitrogens with one attached hydrogen (secondary N) is 1. The quantitative estimate of drug-likeness (QED) is 0.785. The van der Waals surface area contributed by atoms with Crippen molar-refractivity contribution in [3.63, 3.8) is 0 Å². The van der Waals surface area contributed by atoms with E-state index in [1.807, 2.05) is 25.1 Å². The van der Waals surface area contributed by atoms with Gasteiger partial charge in [0.2, 0.25) is 0 Å². The molecule has 2 atom stereocenters. The molecule has 0 spiro atoms. The lowest BCUT2D eigenvalue weighted by Crippen LogP contribution is -2.60. The van der Waals surface area contributed by atoms with Gasteiger partial charge in [0, 0.05) is 30.3 Å². The topological polar surface area (TPSA) is 56.5 Å². The molecule has 1 aliphatic carbocycles. The van der Waals surface area contributed by atoms with E-state index in [0.717, 1.165) is 36.6 Å². The number of anilines is 1. The Morgan fingerprint density at radius 1 is 1.40 bits per heavy atom. The zero-order valence-corrected chi connectivity index (χ0v) is 12.9. The van der Waals surface area contributed by atoms with Crippen molar-refractivity contribution < 1.29 is 9.47 Å². The fraction of sp³-hybridized carbons (Fsp3) is 0.625. The Bertz CT molecular complexity index is 460. The molecule has 0 saturated heterocycles. The van der Waals surface area contributed by atoms with Crippen LogP contribution in [0.15, 0.2) is 18.2 Å². The van der Waals surface area contributed by atoms with E-state index < -0.39 is 0 Å². The molecule has 0 aromatic heterocycles. The second-order valence-electron chi connectivity index (χ2n) is 6.00. The molecule has 4 heteroatoms. The standard InChI is InChI=1S/C16H26N2O2/c1-5-20-15-9-14(16(15,2)3)18-10-11-8-12(19-4)6-7-13(11)17/h6-8,14-15,18H,5,9-10,17H2,1-4H3. The van der Waals surface area contributed by atoms with Crippen LogP contribution in [0.4, 0.5) is 5.69 Å². The molecule has 112 valence electrons. The van der Waals surface area contributed by atoms with Crippen molar-refractivity contribution in [2.45, 2.75) is 45.9 Å². The second kappa shape index (κ2) is 6.02. The molecule has 0 heterocycles. The van der Waals surface area contributed by atoms with Crippen molar-refractivity contribution in [2.75, 3.05) is 19.5 Å². The van der Waals surface area contributed by atoms with Crippen LogP contribution < -0.4 is 15.8 Å². The summed E-state index contributed by atoms with van der Waals surface area (Å²) in [6.45, 7) is 8.10. The van der Waals surface area contributed by atoms with Crippen molar-refractivity contribution in [3.05, 3.63) is 23.8 Å². The second-order valence-corrected chi connectivity index (χ2v) is 6.00. The first kappa shape index (κ1) is 15.1. The fourth-order valence-electron chi connectivity index (χ4n) is 2.81. The SMILES string of the molecule is CCOC1CC(NCc2cc(OC)ccc2N)C1(C)C. The fourth-order valence-corrected chi connectivity index (χ4v) is 2.81. The number of hydrogen-bond acceptors (Lipinski definition) is 4. The maximum Gasteiger partial charge on any atom is 0.119 e. The van der Waals surface area contributed by atoms with Gasteiger partial charge in [-0.3, -0.25) is 0 Å². The van der Waals surface area contributed by atoms with Gasteiger partial charge in [-0.2, -0.15) is 0 Å². The van der Waals surface area contributed by atoms with Crippen molar-refractivity contribution in [1.29, 1.82) is 0 Å². The van der Waals surface area contributed by atoms with Gasteiger partial charge < -0.3 is 20.5 Å². The van der Waals surface area contributed by atoms with Crippen molar-refractivity contribution >= 4 is 5.69 Å². The smallest absolute Gasteiger partial charge is 0.119 e. The summed E-state index contributed by atoms with van der Waals surface area (Å²) in [6, 6.07) is 6.24. The van der Waals surface area contributed by atoms with Gasteiger partial charge in [-0.15, -0.1) is 0 Å². The van der Waals surface area contributed by atoms with Crippen LogP contribution in [-0.4, -0.2) is 25.9 Å². The largest absolute Gasteiger partial charge is 0.497 e. The lowest BCUT2D eigenvalue weighted by molar-refractivity contribution is -0.114. The molecule has 4 nitrogen and oxygen atoms in total. The molecule has 3 N–H and O–H groups in total. The highest BCUT2D eigenvalue weighted by Gasteiger charge is 2.48. The molecule has 0 amide bonds. The Balaban J connectivity index is 1.93. The summed E-state index contributed by atoms with van der Waals surface area (Å²) in [7, 11) is 1.67. The Labute approximate surface area is 121 Å². The van der Waals surface area contributed by atoms with E-state index in [-0.39, 0.29) is 5.41 Å². The minimum Gasteiger partial charge on any atom is -0.497 e. The van der Waals surface area contributed by atoms with Crippen LogP contribution in [-0.2, 0) is 11.3 Å². The van der Waals surface area contributed by atoms with Gasteiger partial charge >= 0.3 is 0 Å². The molecule has 20 heavy (non-hydrogen) atoms. The van der Waals surface area contributed by atoms with Crippen LogP contribution in [0.1, 0.15) is 32.8 Å². The lowest BCUT2D eigenvalue weighted by atomic mass is 9.64. The molecular formula is C16H26N2O2. The number of nitrogens with two attached hydrogens (primary N) is 1. The number of rotatable bonds is 6. The third kappa shape index (κ3) is 2.91. The van der Waals surface area contributed by atoms with Crippen LogP contribution in [0, 0.1) is 5.41 Å². The van der Waals surface area contributed by atoms with Crippen molar-refractivity contribution in [3.8, 4) is 5.75 Å². The number of benzene rings is 1. The Kier molecular flexibility index (Phi) is 4.55. The maximum atomic E-state index is 6.01. The van der Waals surface area contributed by atoms with Gasteiger partial charge in [-0.25, -0.2) is 0 Å². The maximum absolute atomic E-state index is 6.01. The van der Waals surface area contributed by atoms with E-state index in [2.05, 4.69) is 19.2 Å².